The lowest BCUT2D eigenvalue weighted by molar-refractivity contribution is -0.139. The van der Waals surface area contributed by atoms with Gasteiger partial charge in [-0.05, 0) is 26.5 Å². The summed E-state index contributed by atoms with van der Waals surface area (Å²) in [5.41, 5.74) is 0.866. The van der Waals surface area contributed by atoms with Gasteiger partial charge in [0.15, 0.2) is 0 Å². The molecule has 3 nitrogen and oxygen atoms in total. The third-order valence-electron chi connectivity index (χ3n) is 2.88. The second kappa shape index (κ2) is 5.12. The molecule has 0 saturated heterocycles. The molecule has 0 saturated carbocycles. The minimum Gasteiger partial charge on any atom is -0.481 e. The fourth-order valence-corrected chi connectivity index (χ4v) is 1.58. The Hall–Kier alpha value is -1.35. The topological polar surface area (TPSA) is 40.5 Å². The zero-order valence-corrected chi connectivity index (χ0v) is 10.1. The number of carbonyl (C=O) groups is 1. The van der Waals surface area contributed by atoms with E-state index in [4.69, 9.17) is 5.11 Å². The summed E-state index contributed by atoms with van der Waals surface area (Å²) < 4.78 is 0. The van der Waals surface area contributed by atoms with Crippen molar-refractivity contribution in [3.63, 3.8) is 0 Å². The van der Waals surface area contributed by atoms with Gasteiger partial charge in [-0.1, -0.05) is 30.3 Å². The van der Waals surface area contributed by atoms with E-state index < -0.39 is 5.97 Å². The molecule has 0 radical (unpaired) electrons. The molecule has 0 atom stereocenters. The lowest BCUT2D eigenvalue weighted by atomic mass is 9.98. The van der Waals surface area contributed by atoms with Gasteiger partial charge in [-0.3, -0.25) is 9.69 Å². The zero-order valence-electron chi connectivity index (χ0n) is 10.1. The van der Waals surface area contributed by atoms with Crippen LogP contribution in [0.5, 0.6) is 0 Å². The average molecular weight is 221 g/mol. The summed E-state index contributed by atoms with van der Waals surface area (Å²) in [6.45, 7) is 4.66. The Bertz CT molecular complexity index is 346. The van der Waals surface area contributed by atoms with Crippen LogP contribution in [-0.4, -0.2) is 28.6 Å². The molecule has 0 amide bonds. The molecule has 0 bridgehead atoms. The monoisotopic (exact) mass is 221 g/mol. The Kier molecular flexibility index (Phi) is 4.07. The number of nitrogens with zero attached hydrogens (tertiary/aromatic N) is 1. The van der Waals surface area contributed by atoms with Gasteiger partial charge in [0.1, 0.15) is 0 Å². The quantitative estimate of drug-likeness (QED) is 0.829. The van der Waals surface area contributed by atoms with Crippen molar-refractivity contribution in [3.8, 4) is 0 Å². The van der Waals surface area contributed by atoms with Crippen LogP contribution < -0.4 is 0 Å². The van der Waals surface area contributed by atoms with Crippen molar-refractivity contribution >= 4 is 5.97 Å². The van der Waals surface area contributed by atoms with Gasteiger partial charge in [-0.25, -0.2) is 0 Å². The number of aliphatic carboxylic acids is 1. The van der Waals surface area contributed by atoms with E-state index in [0.717, 1.165) is 6.54 Å². The molecule has 0 aliphatic rings. The Morgan fingerprint density at radius 3 is 2.38 bits per heavy atom. The number of rotatable bonds is 5. The number of carboxylic acid groups (broad SMARTS) is 1. The van der Waals surface area contributed by atoms with Crippen LogP contribution in [0.2, 0.25) is 0 Å². The SMILES string of the molecule is CN(Cc1ccccc1)C(C)(C)CC(=O)O. The van der Waals surface area contributed by atoms with E-state index in [1.54, 1.807) is 0 Å². The molecule has 0 aliphatic heterocycles. The van der Waals surface area contributed by atoms with Gasteiger partial charge in [-0.2, -0.15) is 0 Å². The molecule has 1 N–H and O–H groups in total. The maximum Gasteiger partial charge on any atom is 0.305 e. The number of hydrogen-bond donors (Lipinski definition) is 1. The summed E-state index contributed by atoms with van der Waals surface area (Å²) in [6.07, 6.45) is 0.149. The Balaban J connectivity index is 2.64. The van der Waals surface area contributed by atoms with Crippen LogP contribution in [0.25, 0.3) is 0 Å². The first-order chi connectivity index (χ1) is 7.42. The maximum absolute atomic E-state index is 10.7. The Labute approximate surface area is 96.7 Å². The molecule has 88 valence electrons. The minimum absolute atomic E-state index is 0.149. The van der Waals surface area contributed by atoms with E-state index in [0.29, 0.717) is 0 Å². The van der Waals surface area contributed by atoms with Crippen molar-refractivity contribution in [2.24, 2.45) is 0 Å². The summed E-state index contributed by atoms with van der Waals surface area (Å²) in [5, 5.41) is 8.84. The van der Waals surface area contributed by atoms with Crippen molar-refractivity contribution in [1.82, 2.24) is 4.90 Å². The fourth-order valence-electron chi connectivity index (χ4n) is 1.58. The van der Waals surface area contributed by atoms with E-state index in [1.807, 2.05) is 51.2 Å². The number of benzene rings is 1. The van der Waals surface area contributed by atoms with Crippen molar-refractivity contribution in [2.45, 2.75) is 32.4 Å². The molecule has 0 heterocycles. The van der Waals surface area contributed by atoms with Crippen LogP contribution in [0.15, 0.2) is 30.3 Å². The Morgan fingerprint density at radius 1 is 1.31 bits per heavy atom. The molecule has 0 unspecified atom stereocenters. The molecule has 1 aromatic carbocycles. The summed E-state index contributed by atoms with van der Waals surface area (Å²) in [4.78, 5) is 12.8. The third kappa shape index (κ3) is 3.66. The highest BCUT2D eigenvalue weighted by molar-refractivity contribution is 5.68. The van der Waals surface area contributed by atoms with Crippen LogP contribution in [0.3, 0.4) is 0 Å². The van der Waals surface area contributed by atoms with E-state index in [-0.39, 0.29) is 12.0 Å². The summed E-state index contributed by atoms with van der Waals surface area (Å²) in [7, 11) is 1.95. The van der Waals surface area contributed by atoms with E-state index in [2.05, 4.69) is 4.90 Å². The van der Waals surface area contributed by atoms with Crippen molar-refractivity contribution in [2.75, 3.05) is 7.05 Å². The predicted molar refractivity (Wildman–Crippen MR) is 64.2 cm³/mol. The van der Waals surface area contributed by atoms with Crippen LogP contribution in [0.4, 0.5) is 0 Å². The van der Waals surface area contributed by atoms with E-state index in [9.17, 15) is 4.79 Å². The molecular weight excluding hydrogens is 202 g/mol. The summed E-state index contributed by atoms with van der Waals surface area (Å²) >= 11 is 0. The first kappa shape index (κ1) is 12.7. The van der Waals surface area contributed by atoms with Crippen molar-refractivity contribution in [1.29, 1.82) is 0 Å². The first-order valence-electron chi connectivity index (χ1n) is 5.39. The van der Waals surface area contributed by atoms with Gasteiger partial charge < -0.3 is 5.11 Å². The summed E-state index contributed by atoms with van der Waals surface area (Å²) in [6, 6.07) is 10.1. The van der Waals surface area contributed by atoms with Crippen LogP contribution in [0.1, 0.15) is 25.8 Å². The van der Waals surface area contributed by atoms with Crippen LogP contribution >= 0.6 is 0 Å². The van der Waals surface area contributed by atoms with Crippen molar-refractivity contribution < 1.29 is 9.90 Å². The maximum atomic E-state index is 10.7. The molecule has 0 aromatic heterocycles. The van der Waals surface area contributed by atoms with Gasteiger partial charge in [-0.15, -0.1) is 0 Å². The van der Waals surface area contributed by atoms with Gasteiger partial charge in [0.25, 0.3) is 0 Å². The normalized spacial score (nSPS) is 11.8. The molecule has 0 spiro atoms. The second-order valence-corrected chi connectivity index (χ2v) is 4.72. The molecule has 0 fully saturated rings. The van der Waals surface area contributed by atoms with Gasteiger partial charge >= 0.3 is 5.97 Å². The van der Waals surface area contributed by atoms with Gasteiger partial charge in [0.2, 0.25) is 0 Å². The minimum atomic E-state index is -0.759. The van der Waals surface area contributed by atoms with Crippen LogP contribution in [0, 0.1) is 0 Å². The highest BCUT2D eigenvalue weighted by Crippen LogP contribution is 2.19. The summed E-state index contributed by atoms with van der Waals surface area (Å²) in [5.74, 6) is -0.759. The molecule has 1 aromatic rings. The fraction of sp³-hybridized carbons (Fsp3) is 0.462. The smallest absolute Gasteiger partial charge is 0.305 e. The lowest BCUT2D eigenvalue weighted by Gasteiger charge is -2.34. The number of hydrogen-bond acceptors (Lipinski definition) is 2. The standard InChI is InChI=1S/C13H19NO2/c1-13(2,9-12(15)16)14(3)10-11-7-5-4-6-8-11/h4-8H,9-10H2,1-3H3,(H,15,16). The molecule has 0 aliphatic carbocycles. The average Bonchev–Trinajstić information content (AvgIpc) is 2.17. The van der Waals surface area contributed by atoms with E-state index >= 15 is 0 Å². The zero-order chi connectivity index (χ0) is 12.2. The molecule has 1 rings (SSSR count). The number of carboxylic acids is 1. The third-order valence-corrected chi connectivity index (χ3v) is 2.88. The largest absolute Gasteiger partial charge is 0.481 e. The van der Waals surface area contributed by atoms with E-state index in [1.165, 1.54) is 5.56 Å². The van der Waals surface area contributed by atoms with Crippen molar-refractivity contribution in [3.05, 3.63) is 35.9 Å². The first-order valence-corrected chi connectivity index (χ1v) is 5.39. The Morgan fingerprint density at radius 2 is 1.88 bits per heavy atom. The van der Waals surface area contributed by atoms with Crippen LogP contribution in [-0.2, 0) is 11.3 Å². The predicted octanol–water partition coefficient (Wildman–Crippen LogP) is 2.37. The highest BCUT2D eigenvalue weighted by atomic mass is 16.4. The highest BCUT2D eigenvalue weighted by Gasteiger charge is 2.26. The molecule has 3 heteroatoms. The molecule has 16 heavy (non-hydrogen) atoms. The second-order valence-electron chi connectivity index (χ2n) is 4.72. The lowest BCUT2D eigenvalue weighted by Crippen LogP contribution is -2.42. The van der Waals surface area contributed by atoms with Gasteiger partial charge in [0.05, 0.1) is 6.42 Å². The van der Waals surface area contributed by atoms with Gasteiger partial charge in [0, 0.05) is 12.1 Å². The molecular formula is C13H19NO2.